The molecule has 2 rings (SSSR count). The third-order valence-electron chi connectivity index (χ3n) is 3.25. The number of aromatic nitrogens is 1. The Hall–Kier alpha value is -1.67. The second-order valence-electron chi connectivity index (χ2n) is 4.61. The molecule has 118 valence electrons. The summed E-state index contributed by atoms with van der Waals surface area (Å²) in [5.41, 5.74) is -0.918. The van der Waals surface area contributed by atoms with Crippen LogP contribution in [0.25, 0.3) is 5.57 Å². The van der Waals surface area contributed by atoms with Crippen LogP contribution in [0.15, 0.2) is 34.1 Å². The number of methoxy groups -OCH3 is 1. The number of pyridine rings is 1. The summed E-state index contributed by atoms with van der Waals surface area (Å²) in [7, 11) is 1.27. The lowest BCUT2D eigenvalue weighted by Crippen LogP contribution is -2.24. The van der Waals surface area contributed by atoms with Crippen LogP contribution >= 0.6 is 15.9 Å². The van der Waals surface area contributed by atoms with E-state index in [0.29, 0.717) is 0 Å². The third kappa shape index (κ3) is 2.93. The molecule has 0 saturated carbocycles. The van der Waals surface area contributed by atoms with Gasteiger partial charge in [0.05, 0.1) is 18.4 Å². The summed E-state index contributed by atoms with van der Waals surface area (Å²) >= 11 is 2.79. The maximum Gasteiger partial charge on any atom is 0.417 e. The average Bonchev–Trinajstić information content (AvgIpc) is 2.43. The van der Waals surface area contributed by atoms with E-state index < -0.39 is 23.6 Å². The number of hydrogen-bond donors (Lipinski definition) is 1. The van der Waals surface area contributed by atoms with Crippen LogP contribution in [0.4, 0.5) is 13.2 Å². The van der Waals surface area contributed by atoms with E-state index in [1.165, 1.54) is 14.0 Å². The zero-order valence-corrected chi connectivity index (χ0v) is 13.1. The van der Waals surface area contributed by atoms with Crippen molar-refractivity contribution < 1.29 is 27.8 Å². The second kappa shape index (κ2) is 5.85. The van der Waals surface area contributed by atoms with Gasteiger partial charge >= 0.3 is 6.18 Å². The van der Waals surface area contributed by atoms with Gasteiger partial charge in [-0.2, -0.15) is 13.2 Å². The van der Waals surface area contributed by atoms with Gasteiger partial charge in [-0.1, -0.05) is 0 Å². The molecule has 0 amide bonds. The highest BCUT2D eigenvalue weighted by atomic mass is 79.9. The first kappa shape index (κ1) is 16.7. The van der Waals surface area contributed by atoms with Gasteiger partial charge < -0.3 is 9.84 Å². The van der Waals surface area contributed by atoms with E-state index in [9.17, 15) is 23.1 Å². The molecule has 22 heavy (non-hydrogen) atoms. The van der Waals surface area contributed by atoms with E-state index in [4.69, 9.17) is 4.74 Å². The van der Waals surface area contributed by atoms with Crippen molar-refractivity contribution in [2.24, 2.45) is 0 Å². The number of halogens is 4. The van der Waals surface area contributed by atoms with Crippen LogP contribution in [0.3, 0.4) is 0 Å². The molecule has 1 atom stereocenters. The predicted molar refractivity (Wildman–Crippen MR) is 75.6 cm³/mol. The van der Waals surface area contributed by atoms with Crippen molar-refractivity contribution in [3.63, 3.8) is 0 Å². The monoisotopic (exact) mass is 377 g/mol. The minimum Gasteiger partial charge on any atom is -0.498 e. The Balaban J connectivity index is 2.54. The first-order valence-electron chi connectivity index (χ1n) is 6.08. The van der Waals surface area contributed by atoms with Crippen LogP contribution in [0.5, 0.6) is 0 Å². The van der Waals surface area contributed by atoms with Gasteiger partial charge in [0.15, 0.2) is 5.78 Å². The van der Waals surface area contributed by atoms with Gasteiger partial charge in [0.1, 0.15) is 11.9 Å². The molecule has 0 bridgehead atoms. The SMILES string of the molecule is COC1=C(C)C(=O)C=C(c2cc(C(F)(F)F)c(Br)cn2)C1O. The fraction of sp³-hybridized carbons (Fsp3) is 0.286. The molecule has 1 unspecified atom stereocenters. The van der Waals surface area contributed by atoms with Crippen LogP contribution in [-0.4, -0.2) is 29.1 Å². The highest BCUT2D eigenvalue weighted by Gasteiger charge is 2.35. The average molecular weight is 378 g/mol. The summed E-state index contributed by atoms with van der Waals surface area (Å²) < 4.78 is 43.5. The molecule has 1 aliphatic carbocycles. The number of nitrogens with zero attached hydrogens (tertiary/aromatic N) is 1. The van der Waals surface area contributed by atoms with Crippen molar-refractivity contribution in [2.45, 2.75) is 19.2 Å². The van der Waals surface area contributed by atoms with Crippen molar-refractivity contribution in [3.05, 3.63) is 45.4 Å². The molecular formula is C14H11BrF3NO3. The number of carbonyl (C=O) groups excluding carboxylic acids is 1. The smallest absolute Gasteiger partial charge is 0.417 e. The molecule has 4 nitrogen and oxygen atoms in total. The minimum absolute atomic E-state index is 0.000720. The first-order chi connectivity index (χ1) is 10.2. The van der Waals surface area contributed by atoms with Crippen molar-refractivity contribution in [1.29, 1.82) is 0 Å². The Labute approximate surface area is 132 Å². The highest BCUT2D eigenvalue weighted by Crippen LogP contribution is 2.37. The molecule has 1 aromatic rings. The molecule has 0 aromatic carbocycles. The Morgan fingerprint density at radius 2 is 2.05 bits per heavy atom. The number of ketones is 1. The molecule has 1 aliphatic rings. The molecule has 0 spiro atoms. The Morgan fingerprint density at radius 3 is 2.59 bits per heavy atom. The molecule has 8 heteroatoms. The Bertz CT molecular complexity index is 695. The second-order valence-corrected chi connectivity index (χ2v) is 5.46. The van der Waals surface area contributed by atoms with Crippen LogP contribution in [0.1, 0.15) is 18.2 Å². The predicted octanol–water partition coefficient (Wildman–Crippen LogP) is 3.11. The van der Waals surface area contributed by atoms with Crippen molar-refractivity contribution >= 4 is 27.3 Å². The number of alkyl halides is 3. The van der Waals surface area contributed by atoms with Crippen molar-refractivity contribution in [3.8, 4) is 0 Å². The van der Waals surface area contributed by atoms with Crippen LogP contribution < -0.4 is 0 Å². The normalized spacial score (nSPS) is 19.3. The molecule has 0 radical (unpaired) electrons. The maximum atomic E-state index is 12.9. The number of hydrogen-bond acceptors (Lipinski definition) is 4. The summed E-state index contributed by atoms with van der Waals surface area (Å²) in [5, 5.41) is 10.2. The van der Waals surface area contributed by atoms with Gasteiger partial charge in [-0.15, -0.1) is 0 Å². The molecule has 0 aliphatic heterocycles. The number of carbonyl (C=O) groups is 1. The highest BCUT2D eigenvalue weighted by molar-refractivity contribution is 9.10. The summed E-state index contributed by atoms with van der Waals surface area (Å²) in [6, 6.07) is 0.778. The van der Waals surface area contributed by atoms with Gasteiger partial charge in [-0.3, -0.25) is 9.78 Å². The molecule has 1 aromatic heterocycles. The first-order valence-corrected chi connectivity index (χ1v) is 6.88. The van der Waals surface area contributed by atoms with Crippen LogP contribution in [0, 0.1) is 0 Å². The Kier molecular flexibility index (Phi) is 4.44. The van der Waals surface area contributed by atoms with Crippen LogP contribution in [-0.2, 0) is 15.7 Å². The number of rotatable bonds is 2. The number of allylic oxidation sites excluding steroid dienone is 2. The van der Waals surface area contributed by atoms with Gasteiger partial charge in [-0.25, -0.2) is 0 Å². The lowest BCUT2D eigenvalue weighted by Gasteiger charge is -2.23. The van der Waals surface area contributed by atoms with E-state index in [-0.39, 0.29) is 27.1 Å². The zero-order chi connectivity index (χ0) is 16.7. The summed E-state index contributed by atoms with van der Waals surface area (Å²) in [5.74, 6) is -0.448. The maximum absolute atomic E-state index is 12.9. The minimum atomic E-state index is -4.59. The molecule has 0 fully saturated rings. The lowest BCUT2D eigenvalue weighted by molar-refractivity contribution is -0.138. The van der Waals surface area contributed by atoms with E-state index >= 15 is 0 Å². The molecular weight excluding hydrogens is 367 g/mol. The molecule has 1 N–H and O–H groups in total. The van der Waals surface area contributed by atoms with E-state index in [0.717, 1.165) is 18.3 Å². The van der Waals surface area contributed by atoms with E-state index in [1.807, 2.05) is 0 Å². The fourth-order valence-electron chi connectivity index (χ4n) is 2.09. The molecule has 0 saturated heterocycles. The van der Waals surface area contributed by atoms with Gasteiger partial charge in [0, 0.05) is 21.8 Å². The standard InChI is InChI=1S/C14H11BrF3NO3/c1-6-11(20)3-7(12(21)13(6)22-2)10-4-8(14(16,17)18)9(15)5-19-10/h3-5,12,21H,1-2H3. The van der Waals surface area contributed by atoms with Crippen molar-refractivity contribution in [2.75, 3.05) is 7.11 Å². The number of aliphatic hydroxyl groups is 1. The molecule has 1 heterocycles. The summed E-state index contributed by atoms with van der Waals surface area (Å²) in [6.45, 7) is 1.47. The topological polar surface area (TPSA) is 59.4 Å². The van der Waals surface area contributed by atoms with E-state index in [1.54, 1.807) is 0 Å². The van der Waals surface area contributed by atoms with Crippen LogP contribution in [0.2, 0.25) is 0 Å². The zero-order valence-electron chi connectivity index (χ0n) is 11.5. The fourth-order valence-corrected chi connectivity index (χ4v) is 2.53. The lowest BCUT2D eigenvalue weighted by atomic mass is 9.92. The van der Waals surface area contributed by atoms with Gasteiger partial charge in [0.2, 0.25) is 0 Å². The largest absolute Gasteiger partial charge is 0.498 e. The third-order valence-corrected chi connectivity index (χ3v) is 3.88. The Morgan fingerprint density at radius 1 is 1.41 bits per heavy atom. The number of aliphatic hydroxyl groups excluding tert-OH is 1. The van der Waals surface area contributed by atoms with Crippen molar-refractivity contribution in [1.82, 2.24) is 4.98 Å². The van der Waals surface area contributed by atoms with Gasteiger partial charge in [-0.05, 0) is 35.0 Å². The van der Waals surface area contributed by atoms with E-state index in [2.05, 4.69) is 20.9 Å². The summed E-state index contributed by atoms with van der Waals surface area (Å²) in [6.07, 6.45) is -3.89. The quantitative estimate of drug-likeness (QED) is 0.860. The number of ether oxygens (including phenoxy) is 1. The summed E-state index contributed by atoms with van der Waals surface area (Å²) in [4.78, 5) is 15.7. The van der Waals surface area contributed by atoms with Gasteiger partial charge in [0.25, 0.3) is 0 Å².